The van der Waals surface area contributed by atoms with E-state index in [0.717, 1.165) is 31.3 Å². The number of aliphatic hydroxyl groups excluding tert-OH is 3. The van der Waals surface area contributed by atoms with Crippen molar-refractivity contribution in [2.24, 2.45) is 40.4 Å². The van der Waals surface area contributed by atoms with E-state index >= 15 is 0 Å². The number of rotatable bonds is 3. The predicted octanol–water partition coefficient (Wildman–Crippen LogP) is 2.31. The first-order valence-corrected chi connectivity index (χ1v) is 13.2. The molecule has 194 valence electrons. The van der Waals surface area contributed by atoms with Crippen LogP contribution >= 0.6 is 0 Å². The molecule has 11 unspecified atom stereocenters. The molecule has 1 heterocycles. The number of esters is 1. The van der Waals surface area contributed by atoms with Crippen molar-refractivity contribution in [3.63, 3.8) is 0 Å². The standard InChI is InChI=1S/C28H40O7/c1-14-11-21(35-25(33)17(14)13-29)15(2)18-5-6-19-16-12-24(32)28(34)23(31)8-7-22(30)27(28,4)20(16)9-10-26(18,19)3/h7-8,15-16,18-21,23-24,29,31-32,34H,5-6,9-13H2,1-4H3. The molecule has 5 rings (SSSR count). The van der Waals surface area contributed by atoms with Gasteiger partial charge in [-0.2, -0.15) is 0 Å². The molecule has 3 fully saturated rings. The molecule has 0 aromatic heterocycles. The van der Waals surface area contributed by atoms with Crippen LogP contribution in [0.4, 0.5) is 0 Å². The van der Waals surface area contributed by atoms with Gasteiger partial charge in [-0.25, -0.2) is 4.79 Å². The van der Waals surface area contributed by atoms with Gasteiger partial charge in [0.1, 0.15) is 17.8 Å². The van der Waals surface area contributed by atoms with E-state index in [0.29, 0.717) is 24.3 Å². The van der Waals surface area contributed by atoms with E-state index in [1.807, 2.05) is 6.92 Å². The number of hydrogen-bond donors (Lipinski definition) is 4. The molecular formula is C28H40O7. The van der Waals surface area contributed by atoms with E-state index in [-0.39, 0.29) is 47.6 Å². The Hall–Kier alpha value is -1.54. The summed E-state index contributed by atoms with van der Waals surface area (Å²) in [5, 5.41) is 42.9. The van der Waals surface area contributed by atoms with E-state index in [1.165, 1.54) is 12.2 Å². The lowest BCUT2D eigenvalue weighted by molar-refractivity contribution is -0.258. The summed E-state index contributed by atoms with van der Waals surface area (Å²) < 4.78 is 5.80. The first-order valence-electron chi connectivity index (χ1n) is 13.2. The smallest absolute Gasteiger partial charge is 0.336 e. The summed E-state index contributed by atoms with van der Waals surface area (Å²) in [4.78, 5) is 25.7. The van der Waals surface area contributed by atoms with Crippen LogP contribution in [0.25, 0.3) is 0 Å². The second kappa shape index (κ2) is 8.23. The van der Waals surface area contributed by atoms with Crippen LogP contribution < -0.4 is 0 Å². The van der Waals surface area contributed by atoms with Gasteiger partial charge in [0.2, 0.25) is 0 Å². The first-order chi connectivity index (χ1) is 16.4. The van der Waals surface area contributed by atoms with Crippen LogP contribution in [-0.4, -0.2) is 62.7 Å². The third kappa shape index (κ3) is 3.17. The summed E-state index contributed by atoms with van der Waals surface area (Å²) >= 11 is 0. The Morgan fingerprint density at radius 3 is 2.51 bits per heavy atom. The fourth-order valence-electron chi connectivity index (χ4n) is 9.30. The molecule has 3 saturated carbocycles. The van der Waals surface area contributed by atoms with Gasteiger partial charge in [0, 0.05) is 6.42 Å². The van der Waals surface area contributed by atoms with E-state index in [1.54, 1.807) is 6.92 Å². The largest absolute Gasteiger partial charge is 0.458 e. The highest BCUT2D eigenvalue weighted by Crippen LogP contribution is 2.68. The molecule has 0 aromatic rings. The molecule has 0 radical (unpaired) electrons. The second-order valence-electron chi connectivity index (χ2n) is 12.5. The number of ketones is 1. The SMILES string of the molecule is CC1=C(CO)C(=O)OC(C(C)C2CCC3C4CC(O)C5(O)C(O)C=CC(=O)C5(C)C4CCC23C)C1. The van der Waals surface area contributed by atoms with Crippen LogP contribution in [0.3, 0.4) is 0 Å². The fraction of sp³-hybridized carbons (Fsp3) is 0.786. The number of carbonyl (C=O) groups is 2. The Kier molecular flexibility index (Phi) is 5.91. The molecule has 4 N–H and O–H groups in total. The maximum absolute atomic E-state index is 13.2. The summed E-state index contributed by atoms with van der Waals surface area (Å²) in [6, 6.07) is 0. The Bertz CT molecular complexity index is 986. The van der Waals surface area contributed by atoms with Gasteiger partial charge in [0.25, 0.3) is 0 Å². The van der Waals surface area contributed by atoms with Gasteiger partial charge in [0.15, 0.2) is 5.78 Å². The molecule has 4 aliphatic carbocycles. The minimum Gasteiger partial charge on any atom is -0.458 e. The van der Waals surface area contributed by atoms with Gasteiger partial charge in [0.05, 0.1) is 23.7 Å². The Balaban J connectivity index is 1.43. The molecule has 0 spiro atoms. The lowest BCUT2D eigenvalue weighted by Gasteiger charge is -2.63. The third-order valence-electron chi connectivity index (χ3n) is 11.4. The maximum Gasteiger partial charge on any atom is 0.336 e. The minimum absolute atomic E-state index is 0.0282. The normalized spacial score (nSPS) is 50.3. The van der Waals surface area contributed by atoms with Gasteiger partial charge in [-0.1, -0.05) is 19.4 Å². The van der Waals surface area contributed by atoms with Crippen LogP contribution in [0, 0.1) is 40.4 Å². The summed E-state index contributed by atoms with van der Waals surface area (Å²) in [5.74, 6) is 0.0915. The second-order valence-corrected chi connectivity index (χ2v) is 12.5. The molecule has 7 heteroatoms. The highest BCUT2D eigenvalue weighted by atomic mass is 16.5. The molecule has 0 saturated heterocycles. The summed E-state index contributed by atoms with van der Waals surface area (Å²) in [7, 11) is 0. The van der Waals surface area contributed by atoms with Gasteiger partial charge >= 0.3 is 5.97 Å². The van der Waals surface area contributed by atoms with Crippen molar-refractivity contribution in [2.75, 3.05) is 6.61 Å². The molecule has 35 heavy (non-hydrogen) atoms. The van der Waals surface area contributed by atoms with Gasteiger partial charge in [-0.3, -0.25) is 4.79 Å². The van der Waals surface area contributed by atoms with Crippen LogP contribution in [-0.2, 0) is 14.3 Å². The summed E-state index contributed by atoms with van der Waals surface area (Å²) in [6.45, 7) is 7.83. The predicted molar refractivity (Wildman–Crippen MR) is 128 cm³/mol. The highest BCUT2D eigenvalue weighted by Gasteiger charge is 2.71. The summed E-state index contributed by atoms with van der Waals surface area (Å²) in [6.07, 6.45) is 4.62. The maximum atomic E-state index is 13.2. The molecule has 0 aromatic carbocycles. The number of allylic oxidation sites excluding steroid dienone is 1. The van der Waals surface area contributed by atoms with Crippen molar-refractivity contribution in [3.8, 4) is 0 Å². The number of hydrogen-bond acceptors (Lipinski definition) is 7. The molecule has 0 bridgehead atoms. The van der Waals surface area contributed by atoms with E-state index in [9.17, 15) is 30.0 Å². The van der Waals surface area contributed by atoms with Crippen molar-refractivity contribution in [3.05, 3.63) is 23.3 Å². The number of cyclic esters (lactones) is 1. The fourth-order valence-corrected chi connectivity index (χ4v) is 9.30. The number of aliphatic hydroxyl groups is 4. The van der Waals surface area contributed by atoms with Crippen molar-refractivity contribution < 1.29 is 34.8 Å². The third-order valence-corrected chi connectivity index (χ3v) is 11.4. The van der Waals surface area contributed by atoms with Crippen LogP contribution in [0.15, 0.2) is 23.3 Å². The topological polar surface area (TPSA) is 124 Å². The average Bonchev–Trinajstić information content (AvgIpc) is 3.16. The van der Waals surface area contributed by atoms with Crippen molar-refractivity contribution >= 4 is 11.8 Å². The zero-order valence-corrected chi connectivity index (χ0v) is 21.2. The summed E-state index contributed by atoms with van der Waals surface area (Å²) in [5.41, 5.74) is -1.86. The molecule has 1 aliphatic heterocycles. The van der Waals surface area contributed by atoms with E-state index in [4.69, 9.17) is 4.74 Å². The first kappa shape index (κ1) is 25.1. The van der Waals surface area contributed by atoms with Crippen LogP contribution in [0.5, 0.6) is 0 Å². The highest BCUT2D eigenvalue weighted by molar-refractivity contribution is 5.97. The lowest BCUT2D eigenvalue weighted by Crippen LogP contribution is -2.73. The molecule has 5 aliphatic rings. The molecule has 11 atom stereocenters. The van der Waals surface area contributed by atoms with Crippen molar-refractivity contribution in [1.29, 1.82) is 0 Å². The quantitative estimate of drug-likeness (QED) is 0.450. The molecule has 7 nitrogen and oxygen atoms in total. The van der Waals surface area contributed by atoms with Gasteiger partial charge in [-0.05, 0) is 93.1 Å². The van der Waals surface area contributed by atoms with Crippen LogP contribution in [0.2, 0.25) is 0 Å². The van der Waals surface area contributed by atoms with Gasteiger partial charge in [-0.15, -0.1) is 0 Å². The number of ether oxygens (including phenoxy) is 1. The number of fused-ring (bicyclic) bond motifs is 5. The van der Waals surface area contributed by atoms with Crippen molar-refractivity contribution in [1.82, 2.24) is 0 Å². The lowest BCUT2D eigenvalue weighted by atomic mass is 9.42. The van der Waals surface area contributed by atoms with Gasteiger partial charge < -0.3 is 25.2 Å². The van der Waals surface area contributed by atoms with E-state index in [2.05, 4.69) is 13.8 Å². The average molecular weight is 489 g/mol. The zero-order chi connectivity index (χ0) is 25.5. The Labute approximate surface area is 207 Å². The molecular weight excluding hydrogens is 448 g/mol. The Morgan fingerprint density at radius 1 is 1.14 bits per heavy atom. The van der Waals surface area contributed by atoms with E-state index < -0.39 is 29.2 Å². The van der Waals surface area contributed by atoms with Crippen LogP contribution in [0.1, 0.15) is 66.2 Å². The van der Waals surface area contributed by atoms with Crippen molar-refractivity contribution in [2.45, 2.75) is 90.1 Å². The minimum atomic E-state index is -1.87. The monoisotopic (exact) mass is 488 g/mol. The Morgan fingerprint density at radius 2 is 1.86 bits per heavy atom. The number of carbonyl (C=O) groups excluding carboxylic acids is 2. The zero-order valence-electron chi connectivity index (χ0n) is 21.2. The molecule has 0 amide bonds.